The standard InChI is InChI=1S/C25H26N2O3/c1-18-7-10-21(11-8-18)26-25(29)24(28)22-12-9-20(17-19-5-3-2-4-6-19)23(22)27-13-15-30-16-14-27/h2-8,10-11,17H,9,12-16H2,1H3,(H,26,29). The highest BCUT2D eigenvalue weighted by Gasteiger charge is 2.32. The molecule has 154 valence electrons. The summed E-state index contributed by atoms with van der Waals surface area (Å²) in [4.78, 5) is 28.0. The number of anilines is 1. The molecule has 2 aromatic rings. The second kappa shape index (κ2) is 9.09. The van der Waals surface area contributed by atoms with E-state index in [1.807, 2.05) is 61.5 Å². The Labute approximate surface area is 177 Å². The van der Waals surface area contributed by atoms with Crippen LogP contribution in [-0.4, -0.2) is 42.9 Å². The van der Waals surface area contributed by atoms with Gasteiger partial charge in [0.25, 0.3) is 5.91 Å². The van der Waals surface area contributed by atoms with Gasteiger partial charge >= 0.3 is 0 Å². The van der Waals surface area contributed by atoms with Gasteiger partial charge in [0.1, 0.15) is 0 Å². The SMILES string of the molecule is Cc1ccc(NC(=O)C(=O)C2=C(N3CCOCC3)C(=Cc3ccccc3)CC2)cc1. The van der Waals surface area contributed by atoms with Crippen molar-refractivity contribution < 1.29 is 14.3 Å². The predicted octanol–water partition coefficient (Wildman–Crippen LogP) is 3.97. The third-order valence-electron chi connectivity index (χ3n) is 5.49. The molecule has 0 radical (unpaired) electrons. The van der Waals surface area contributed by atoms with Gasteiger partial charge in [-0.2, -0.15) is 0 Å². The van der Waals surface area contributed by atoms with Crippen molar-refractivity contribution in [3.05, 3.63) is 82.6 Å². The number of allylic oxidation sites excluding steroid dienone is 1. The molecule has 0 atom stereocenters. The van der Waals surface area contributed by atoms with E-state index in [4.69, 9.17) is 4.74 Å². The number of carbonyl (C=O) groups is 2. The molecule has 2 aliphatic rings. The number of carbonyl (C=O) groups excluding carboxylic acids is 2. The number of hydrogen-bond acceptors (Lipinski definition) is 4. The number of amides is 1. The molecule has 1 saturated heterocycles. The lowest BCUT2D eigenvalue weighted by Crippen LogP contribution is -2.37. The van der Waals surface area contributed by atoms with Crippen LogP contribution in [0.5, 0.6) is 0 Å². The van der Waals surface area contributed by atoms with Crippen LogP contribution in [0.1, 0.15) is 24.0 Å². The topological polar surface area (TPSA) is 58.6 Å². The Morgan fingerprint density at radius 3 is 2.37 bits per heavy atom. The third-order valence-corrected chi connectivity index (χ3v) is 5.49. The molecule has 0 unspecified atom stereocenters. The van der Waals surface area contributed by atoms with Crippen LogP contribution in [0.25, 0.3) is 6.08 Å². The zero-order chi connectivity index (χ0) is 20.9. The first-order chi connectivity index (χ1) is 14.6. The van der Waals surface area contributed by atoms with E-state index < -0.39 is 11.7 Å². The molecule has 5 nitrogen and oxygen atoms in total. The van der Waals surface area contributed by atoms with Crippen molar-refractivity contribution in [3.8, 4) is 0 Å². The number of nitrogens with zero attached hydrogens (tertiary/aromatic N) is 1. The fourth-order valence-corrected chi connectivity index (χ4v) is 3.95. The van der Waals surface area contributed by atoms with E-state index in [1.54, 1.807) is 0 Å². The number of rotatable bonds is 5. The van der Waals surface area contributed by atoms with Gasteiger partial charge in [-0.25, -0.2) is 0 Å². The van der Waals surface area contributed by atoms with Gasteiger partial charge in [0, 0.05) is 30.0 Å². The first kappa shape index (κ1) is 20.1. The van der Waals surface area contributed by atoms with Crippen molar-refractivity contribution in [2.24, 2.45) is 0 Å². The number of nitrogens with one attached hydrogen (secondary N) is 1. The van der Waals surface area contributed by atoms with Crippen LogP contribution in [0.4, 0.5) is 5.69 Å². The van der Waals surface area contributed by atoms with Crippen LogP contribution >= 0.6 is 0 Å². The minimum atomic E-state index is -0.583. The monoisotopic (exact) mass is 402 g/mol. The first-order valence-corrected chi connectivity index (χ1v) is 10.4. The second-order valence-corrected chi connectivity index (χ2v) is 7.66. The Bertz CT molecular complexity index is 985. The van der Waals surface area contributed by atoms with Crippen LogP contribution in [0.3, 0.4) is 0 Å². The Balaban J connectivity index is 1.63. The molecular formula is C25H26N2O3. The van der Waals surface area contributed by atoms with Gasteiger partial charge in [-0.15, -0.1) is 0 Å². The van der Waals surface area contributed by atoms with E-state index in [1.165, 1.54) is 0 Å². The molecule has 0 bridgehead atoms. The number of morpholine rings is 1. The summed E-state index contributed by atoms with van der Waals surface area (Å²) in [5.74, 6) is -1.03. The molecule has 30 heavy (non-hydrogen) atoms. The molecule has 5 heteroatoms. The van der Waals surface area contributed by atoms with E-state index in [9.17, 15) is 9.59 Å². The number of ketones is 1. The summed E-state index contributed by atoms with van der Waals surface area (Å²) in [5.41, 5.74) is 5.44. The minimum absolute atomic E-state index is 0.450. The minimum Gasteiger partial charge on any atom is -0.378 e. The van der Waals surface area contributed by atoms with Gasteiger partial charge < -0.3 is 15.0 Å². The number of ether oxygens (including phenoxy) is 1. The molecule has 1 aliphatic carbocycles. The molecule has 1 heterocycles. The van der Waals surface area contributed by atoms with Crippen LogP contribution < -0.4 is 5.32 Å². The fraction of sp³-hybridized carbons (Fsp3) is 0.280. The van der Waals surface area contributed by atoms with Crippen molar-refractivity contribution >= 4 is 23.5 Å². The average molecular weight is 402 g/mol. The molecule has 0 saturated carbocycles. The summed E-state index contributed by atoms with van der Waals surface area (Å²) >= 11 is 0. The summed E-state index contributed by atoms with van der Waals surface area (Å²) in [5, 5.41) is 2.75. The maximum Gasteiger partial charge on any atom is 0.296 e. The molecule has 2 aromatic carbocycles. The van der Waals surface area contributed by atoms with Crippen LogP contribution in [0.2, 0.25) is 0 Å². The van der Waals surface area contributed by atoms with E-state index in [2.05, 4.69) is 16.3 Å². The van der Waals surface area contributed by atoms with Gasteiger partial charge in [-0.1, -0.05) is 48.0 Å². The summed E-state index contributed by atoms with van der Waals surface area (Å²) in [7, 11) is 0. The summed E-state index contributed by atoms with van der Waals surface area (Å²) in [6, 6.07) is 17.5. The van der Waals surface area contributed by atoms with Crippen molar-refractivity contribution in [3.63, 3.8) is 0 Å². The van der Waals surface area contributed by atoms with Crippen LogP contribution in [-0.2, 0) is 14.3 Å². The number of Topliss-reactive ketones (excluding diaryl/α,β-unsaturated/α-hetero) is 1. The summed E-state index contributed by atoms with van der Waals surface area (Å²) in [6.45, 7) is 4.67. The molecular weight excluding hydrogens is 376 g/mol. The quantitative estimate of drug-likeness (QED) is 0.769. The highest BCUT2D eigenvalue weighted by molar-refractivity contribution is 6.46. The molecule has 4 rings (SSSR count). The van der Waals surface area contributed by atoms with Gasteiger partial charge in [0.2, 0.25) is 5.78 Å². The van der Waals surface area contributed by atoms with E-state index in [0.717, 1.165) is 41.9 Å². The lowest BCUT2D eigenvalue weighted by atomic mass is 10.1. The maximum absolute atomic E-state index is 13.1. The van der Waals surface area contributed by atoms with Gasteiger partial charge in [0.05, 0.1) is 13.2 Å². The number of aryl methyl sites for hydroxylation is 1. The van der Waals surface area contributed by atoms with Crippen molar-refractivity contribution in [2.45, 2.75) is 19.8 Å². The molecule has 1 N–H and O–H groups in total. The van der Waals surface area contributed by atoms with Crippen LogP contribution in [0, 0.1) is 6.92 Å². The molecule has 1 fully saturated rings. The Kier molecular flexibility index (Phi) is 6.10. The third kappa shape index (κ3) is 4.52. The summed E-state index contributed by atoms with van der Waals surface area (Å²) < 4.78 is 5.50. The highest BCUT2D eigenvalue weighted by atomic mass is 16.5. The van der Waals surface area contributed by atoms with E-state index in [0.29, 0.717) is 30.9 Å². The zero-order valence-corrected chi connectivity index (χ0v) is 17.2. The van der Waals surface area contributed by atoms with Crippen molar-refractivity contribution in [2.75, 3.05) is 31.6 Å². The van der Waals surface area contributed by atoms with Gasteiger partial charge in [-0.05, 0) is 49.1 Å². The molecule has 1 aliphatic heterocycles. The highest BCUT2D eigenvalue weighted by Crippen LogP contribution is 2.36. The van der Waals surface area contributed by atoms with Gasteiger partial charge in [0.15, 0.2) is 0 Å². The predicted molar refractivity (Wildman–Crippen MR) is 118 cm³/mol. The Morgan fingerprint density at radius 2 is 1.67 bits per heavy atom. The normalized spacial score (nSPS) is 18.0. The molecule has 0 aromatic heterocycles. The Morgan fingerprint density at radius 1 is 0.967 bits per heavy atom. The zero-order valence-electron chi connectivity index (χ0n) is 17.2. The van der Waals surface area contributed by atoms with Crippen molar-refractivity contribution in [1.29, 1.82) is 0 Å². The van der Waals surface area contributed by atoms with Gasteiger partial charge in [-0.3, -0.25) is 9.59 Å². The lowest BCUT2D eigenvalue weighted by Gasteiger charge is -2.31. The largest absolute Gasteiger partial charge is 0.378 e. The molecule has 1 amide bonds. The smallest absolute Gasteiger partial charge is 0.296 e. The first-order valence-electron chi connectivity index (χ1n) is 10.4. The fourth-order valence-electron chi connectivity index (χ4n) is 3.95. The maximum atomic E-state index is 13.1. The Hall–Kier alpha value is -3.18. The van der Waals surface area contributed by atoms with Crippen molar-refractivity contribution in [1.82, 2.24) is 4.90 Å². The average Bonchev–Trinajstić information content (AvgIpc) is 3.19. The number of benzene rings is 2. The van der Waals surface area contributed by atoms with E-state index >= 15 is 0 Å². The lowest BCUT2D eigenvalue weighted by molar-refractivity contribution is -0.132. The summed E-state index contributed by atoms with van der Waals surface area (Å²) in [6.07, 6.45) is 3.45. The second-order valence-electron chi connectivity index (χ2n) is 7.66. The molecule has 0 spiro atoms. The van der Waals surface area contributed by atoms with Crippen LogP contribution in [0.15, 0.2) is 71.4 Å². The van der Waals surface area contributed by atoms with E-state index in [-0.39, 0.29) is 0 Å². The number of hydrogen-bond donors (Lipinski definition) is 1.